The maximum Gasteiger partial charge on any atom is 0.323 e. The number of aliphatic hydroxyl groups excluding tert-OH is 1. The molecule has 2 atom stereocenters. The number of fused-ring (bicyclic) bond motifs is 1. The van der Waals surface area contributed by atoms with Crippen LogP contribution in [-0.4, -0.2) is 42.4 Å². The first-order valence-electron chi connectivity index (χ1n) is 7.57. The van der Waals surface area contributed by atoms with Gasteiger partial charge in [0.25, 0.3) is 0 Å². The molecule has 1 heterocycles. The number of carbonyl (C=O) groups is 1. The van der Waals surface area contributed by atoms with Gasteiger partial charge in [-0.15, -0.1) is 11.3 Å². The number of nitrogens with one attached hydrogen (secondary N) is 1. The Kier molecular flexibility index (Phi) is 6.32. The van der Waals surface area contributed by atoms with Gasteiger partial charge in [0.15, 0.2) is 0 Å². The van der Waals surface area contributed by atoms with Crippen LogP contribution in [0.3, 0.4) is 0 Å². The number of benzene rings is 1. The summed E-state index contributed by atoms with van der Waals surface area (Å²) in [6.07, 6.45) is 0.604. The number of esters is 1. The van der Waals surface area contributed by atoms with Crippen molar-refractivity contribution in [1.29, 1.82) is 0 Å². The second-order valence-corrected chi connectivity index (χ2v) is 6.19. The lowest BCUT2D eigenvalue weighted by molar-refractivity contribution is -0.147. The van der Waals surface area contributed by atoms with Crippen LogP contribution in [0.4, 0.5) is 0 Å². The van der Waals surface area contributed by atoms with E-state index in [2.05, 4.69) is 10.3 Å². The van der Waals surface area contributed by atoms with Gasteiger partial charge in [-0.3, -0.25) is 10.1 Å². The highest BCUT2D eigenvalue weighted by atomic mass is 32.1. The Bertz CT molecular complexity index is 659. The van der Waals surface area contributed by atoms with Gasteiger partial charge < -0.3 is 14.6 Å². The van der Waals surface area contributed by atoms with Gasteiger partial charge in [0.2, 0.25) is 0 Å². The van der Waals surface area contributed by atoms with Gasteiger partial charge in [-0.1, -0.05) is 6.92 Å². The molecule has 0 aliphatic heterocycles. The molecule has 1 unspecified atom stereocenters. The molecule has 0 aliphatic carbocycles. The van der Waals surface area contributed by atoms with Crippen molar-refractivity contribution in [2.45, 2.75) is 32.4 Å². The molecule has 0 saturated heterocycles. The molecule has 0 fully saturated rings. The number of hydrogen-bond acceptors (Lipinski definition) is 7. The minimum absolute atomic E-state index is 0.0202. The molecule has 7 heteroatoms. The first-order valence-corrected chi connectivity index (χ1v) is 8.38. The van der Waals surface area contributed by atoms with Crippen molar-refractivity contribution < 1.29 is 19.4 Å². The SMILES string of the molecule is CC[C@@H](NC(C)c1nc2ccc(OC)cc2s1)C(=O)OCCO. The lowest BCUT2D eigenvalue weighted by Crippen LogP contribution is -2.39. The molecule has 0 spiro atoms. The van der Waals surface area contributed by atoms with E-state index in [0.29, 0.717) is 6.42 Å². The van der Waals surface area contributed by atoms with Crippen molar-refractivity contribution in [1.82, 2.24) is 10.3 Å². The molecular formula is C16H22N2O4S. The largest absolute Gasteiger partial charge is 0.497 e. The summed E-state index contributed by atoms with van der Waals surface area (Å²) in [5.74, 6) is 0.448. The summed E-state index contributed by atoms with van der Waals surface area (Å²) in [5, 5.41) is 12.9. The summed E-state index contributed by atoms with van der Waals surface area (Å²) < 4.78 is 11.3. The first-order chi connectivity index (χ1) is 11.1. The van der Waals surface area contributed by atoms with E-state index in [9.17, 15) is 4.79 Å². The molecule has 2 rings (SSSR count). The van der Waals surface area contributed by atoms with Crippen LogP contribution in [0.2, 0.25) is 0 Å². The summed E-state index contributed by atoms with van der Waals surface area (Å²) in [6, 6.07) is 5.26. The fourth-order valence-electron chi connectivity index (χ4n) is 2.21. The van der Waals surface area contributed by atoms with E-state index in [1.165, 1.54) is 0 Å². The molecule has 0 bridgehead atoms. The minimum atomic E-state index is -0.418. The zero-order chi connectivity index (χ0) is 16.8. The van der Waals surface area contributed by atoms with Crippen LogP contribution in [0, 0.1) is 0 Å². The van der Waals surface area contributed by atoms with Crippen LogP contribution in [-0.2, 0) is 9.53 Å². The smallest absolute Gasteiger partial charge is 0.323 e. The Morgan fingerprint density at radius 2 is 2.26 bits per heavy atom. The van der Waals surface area contributed by atoms with E-state index < -0.39 is 6.04 Å². The van der Waals surface area contributed by atoms with Crippen LogP contribution in [0.15, 0.2) is 18.2 Å². The lowest BCUT2D eigenvalue weighted by Gasteiger charge is -2.19. The number of methoxy groups -OCH3 is 1. The molecule has 2 N–H and O–H groups in total. The highest BCUT2D eigenvalue weighted by molar-refractivity contribution is 7.18. The average Bonchev–Trinajstić information content (AvgIpc) is 3.00. The number of thiazole rings is 1. The second-order valence-electron chi connectivity index (χ2n) is 5.13. The summed E-state index contributed by atoms with van der Waals surface area (Å²) >= 11 is 1.57. The molecule has 0 amide bonds. The number of hydrogen-bond donors (Lipinski definition) is 2. The van der Waals surface area contributed by atoms with Gasteiger partial charge in [-0.05, 0) is 31.5 Å². The van der Waals surface area contributed by atoms with Gasteiger partial charge in [0.1, 0.15) is 23.4 Å². The van der Waals surface area contributed by atoms with Crippen LogP contribution in [0.25, 0.3) is 10.2 Å². The summed E-state index contributed by atoms with van der Waals surface area (Å²) in [6.45, 7) is 3.73. The van der Waals surface area contributed by atoms with Gasteiger partial charge in [0, 0.05) is 0 Å². The van der Waals surface area contributed by atoms with Crippen molar-refractivity contribution in [3.05, 3.63) is 23.2 Å². The summed E-state index contributed by atoms with van der Waals surface area (Å²) in [5.41, 5.74) is 0.912. The Balaban J connectivity index is 2.09. The molecule has 1 aromatic carbocycles. The van der Waals surface area contributed by atoms with Crippen molar-refractivity contribution in [2.75, 3.05) is 20.3 Å². The van der Waals surface area contributed by atoms with Gasteiger partial charge in [-0.2, -0.15) is 0 Å². The summed E-state index contributed by atoms with van der Waals surface area (Å²) in [4.78, 5) is 16.5. The fourth-order valence-corrected chi connectivity index (χ4v) is 3.21. The maximum absolute atomic E-state index is 11.9. The van der Waals surface area contributed by atoms with Crippen LogP contribution in [0.5, 0.6) is 5.75 Å². The third-order valence-electron chi connectivity index (χ3n) is 3.46. The Morgan fingerprint density at radius 3 is 2.91 bits per heavy atom. The highest BCUT2D eigenvalue weighted by Gasteiger charge is 2.22. The minimum Gasteiger partial charge on any atom is -0.497 e. The Morgan fingerprint density at radius 1 is 1.48 bits per heavy atom. The van der Waals surface area contributed by atoms with E-state index in [1.54, 1.807) is 18.4 Å². The fraction of sp³-hybridized carbons (Fsp3) is 0.500. The molecule has 23 heavy (non-hydrogen) atoms. The van der Waals surface area contributed by atoms with Crippen LogP contribution >= 0.6 is 11.3 Å². The number of nitrogens with zero attached hydrogens (tertiary/aromatic N) is 1. The predicted molar refractivity (Wildman–Crippen MR) is 89.8 cm³/mol. The van der Waals surface area contributed by atoms with E-state index >= 15 is 0 Å². The standard InChI is InChI=1S/C16H22N2O4S/c1-4-12(16(20)22-8-7-19)17-10(2)15-18-13-6-5-11(21-3)9-14(13)23-15/h5-6,9-10,12,17,19H,4,7-8H2,1-3H3/t10?,12-/m1/s1. The number of rotatable bonds is 8. The molecule has 0 aliphatic rings. The molecule has 2 aromatic rings. The Labute approximate surface area is 139 Å². The molecule has 0 radical (unpaired) electrons. The average molecular weight is 338 g/mol. The van der Waals surface area contributed by atoms with E-state index in [4.69, 9.17) is 14.6 Å². The second kappa shape index (κ2) is 8.24. The van der Waals surface area contributed by atoms with Gasteiger partial charge >= 0.3 is 5.97 Å². The van der Waals surface area contributed by atoms with Crippen LogP contribution in [0.1, 0.15) is 31.3 Å². The van der Waals surface area contributed by atoms with Crippen molar-refractivity contribution in [3.63, 3.8) is 0 Å². The number of aromatic nitrogens is 1. The van der Waals surface area contributed by atoms with E-state index in [-0.39, 0.29) is 25.2 Å². The highest BCUT2D eigenvalue weighted by Crippen LogP contribution is 2.29. The number of aliphatic hydroxyl groups is 1. The van der Waals surface area contributed by atoms with Crippen molar-refractivity contribution >= 4 is 27.5 Å². The zero-order valence-electron chi connectivity index (χ0n) is 13.5. The van der Waals surface area contributed by atoms with E-state index in [0.717, 1.165) is 21.0 Å². The predicted octanol–water partition coefficient (Wildman–Crippen LogP) is 2.27. The number of carbonyl (C=O) groups excluding carboxylic acids is 1. The lowest BCUT2D eigenvalue weighted by atomic mass is 10.2. The van der Waals surface area contributed by atoms with Gasteiger partial charge in [-0.25, -0.2) is 4.98 Å². The van der Waals surface area contributed by atoms with E-state index in [1.807, 2.05) is 32.0 Å². The maximum atomic E-state index is 11.9. The van der Waals surface area contributed by atoms with Gasteiger partial charge in [0.05, 0.1) is 30.0 Å². The third-order valence-corrected chi connectivity index (χ3v) is 4.66. The van der Waals surface area contributed by atoms with Crippen molar-refractivity contribution in [3.8, 4) is 5.75 Å². The summed E-state index contributed by atoms with van der Waals surface area (Å²) in [7, 11) is 1.64. The molecule has 1 aromatic heterocycles. The Hall–Kier alpha value is -1.70. The van der Waals surface area contributed by atoms with Crippen molar-refractivity contribution in [2.24, 2.45) is 0 Å². The first kappa shape index (κ1) is 17.7. The topological polar surface area (TPSA) is 80.7 Å². The normalized spacial score (nSPS) is 13.7. The molecule has 126 valence electrons. The number of ether oxygens (including phenoxy) is 2. The van der Waals surface area contributed by atoms with Crippen LogP contribution < -0.4 is 10.1 Å². The zero-order valence-corrected chi connectivity index (χ0v) is 14.4. The quantitative estimate of drug-likeness (QED) is 0.719. The molecular weight excluding hydrogens is 316 g/mol. The third kappa shape index (κ3) is 4.40. The monoisotopic (exact) mass is 338 g/mol. The molecule has 0 saturated carbocycles. The molecule has 6 nitrogen and oxygen atoms in total.